The summed E-state index contributed by atoms with van der Waals surface area (Å²) in [7, 11) is 0. The summed E-state index contributed by atoms with van der Waals surface area (Å²) >= 11 is 0. The van der Waals surface area contributed by atoms with Gasteiger partial charge in [0.2, 0.25) is 0 Å². The Bertz CT molecular complexity index is 227. The van der Waals surface area contributed by atoms with Crippen LogP contribution in [-0.4, -0.2) is 43.1 Å². The molecule has 0 aromatic rings. The van der Waals surface area contributed by atoms with E-state index < -0.39 is 0 Å². The maximum Gasteiger partial charge on any atom is 0.188 e. The van der Waals surface area contributed by atoms with Gasteiger partial charge in [-0.1, -0.05) is 13.8 Å². The second kappa shape index (κ2) is 6.74. The van der Waals surface area contributed by atoms with Gasteiger partial charge < -0.3 is 16.0 Å². The fourth-order valence-corrected chi connectivity index (χ4v) is 1.98. The maximum atomic E-state index is 5.82. The van der Waals surface area contributed by atoms with Gasteiger partial charge in [0.05, 0.1) is 0 Å². The number of nitrogens with zero attached hydrogens (tertiary/aromatic N) is 2. The molecule has 1 fully saturated rings. The number of guanidine groups is 1. The van der Waals surface area contributed by atoms with Gasteiger partial charge in [0, 0.05) is 19.1 Å². The minimum Gasteiger partial charge on any atom is -0.370 e. The van der Waals surface area contributed by atoms with Crippen LogP contribution in [0.25, 0.3) is 0 Å². The predicted molar refractivity (Wildman–Crippen MR) is 69.6 cm³/mol. The predicted octanol–water partition coefficient (Wildman–Crippen LogP) is 1.03. The van der Waals surface area contributed by atoms with E-state index in [1.165, 1.54) is 19.5 Å². The molecule has 4 heteroatoms. The molecule has 0 unspecified atom stereocenters. The third-order valence-corrected chi connectivity index (χ3v) is 3.34. The molecule has 0 spiro atoms. The van der Waals surface area contributed by atoms with Crippen molar-refractivity contribution >= 4 is 5.96 Å². The summed E-state index contributed by atoms with van der Waals surface area (Å²) in [5, 5.41) is 3.19. The van der Waals surface area contributed by atoms with Crippen LogP contribution in [0.2, 0.25) is 0 Å². The third kappa shape index (κ3) is 4.39. The van der Waals surface area contributed by atoms with E-state index in [-0.39, 0.29) is 0 Å². The van der Waals surface area contributed by atoms with Crippen molar-refractivity contribution in [3.63, 3.8) is 0 Å². The van der Waals surface area contributed by atoms with E-state index in [1.54, 1.807) is 0 Å². The first-order chi connectivity index (χ1) is 7.65. The number of nitrogens with one attached hydrogen (secondary N) is 1. The van der Waals surface area contributed by atoms with Crippen molar-refractivity contribution in [1.29, 1.82) is 0 Å². The molecule has 0 aliphatic carbocycles. The number of rotatable bonds is 5. The van der Waals surface area contributed by atoms with Crippen LogP contribution in [0, 0.1) is 5.92 Å². The quantitative estimate of drug-likeness (QED) is 0.544. The smallest absolute Gasteiger partial charge is 0.188 e. The molecule has 1 rings (SSSR count). The van der Waals surface area contributed by atoms with Crippen molar-refractivity contribution in [2.75, 3.05) is 26.2 Å². The first-order valence-corrected chi connectivity index (χ1v) is 6.44. The van der Waals surface area contributed by atoms with Gasteiger partial charge in [-0.2, -0.15) is 0 Å². The largest absolute Gasteiger partial charge is 0.370 e. The standard InChI is InChI=1S/C12H26N4/c1-4-10(3)15-12(13)14-8-11-6-7-16(5-2)9-11/h10-11H,4-9H2,1-3H3,(H3,13,14,15)/t10-,11+/m0/s1. The second-order valence-corrected chi connectivity index (χ2v) is 4.73. The summed E-state index contributed by atoms with van der Waals surface area (Å²) in [6.45, 7) is 10.9. The monoisotopic (exact) mass is 226 g/mol. The zero-order chi connectivity index (χ0) is 12.0. The number of likely N-dealkylation sites (tertiary alicyclic amines) is 1. The van der Waals surface area contributed by atoms with Gasteiger partial charge in [0.15, 0.2) is 5.96 Å². The molecule has 4 nitrogen and oxygen atoms in total. The summed E-state index contributed by atoms with van der Waals surface area (Å²) in [6, 6.07) is 0.416. The number of nitrogens with two attached hydrogens (primary N) is 1. The molecule has 1 aliphatic rings. The summed E-state index contributed by atoms with van der Waals surface area (Å²) in [6.07, 6.45) is 2.33. The molecule has 0 bridgehead atoms. The van der Waals surface area contributed by atoms with Gasteiger partial charge in [-0.3, -0.25) is 4.99 Å². The summed E-state index contributed by atoms with van der Waals surface area (Å²) in [4.78, 5) is 6.89. The van der Waals surface area contributed by atoms with E-state index in [0.29, 0.717) is 17.9 Å². The van der Waals surface area contributed by atoms with E-state index in [0.717, 1.165) is 19.5 Å². The maximum absolute atomic E-state index is 5.82. The van der Waals surface area contributed by atoms with Crippen LogP contribution in [0.3, 0.4) is 0 Å². The Morgan fingerprint density at radius 3 is 2.88 bits per heavy atom. The highest BCUT2D eigenvalue weighted by molar-refractivity contribution is 5.78. The lowest BCUT2D eigenvalue weighted by Crippen LogP contribution is -2.38. The van der Waals surface area contributed by atoms with E-state index in [9.17, 15) is 0 Å². The van der Waals surface area contributed by atoms with Crippen molar-refractivity contribution in [1.82, 2.24) is 10.2 Å². The summed E-state index contributed by atoms with van der Waals surface area (Å²) < 4.78 is 0. The number of hydrogen-bond donors (Lipinski definition) is 2. The molecule has 94 valence electrons. The van der Waals surface area contributed by atoms with E-state index >= 15 is 0 Å². The molecule has 1 heterocycles. The van der Waals surface area contributed by atoms with Crippen molar-refractivity contribution < 1.29 is 0 Å². The number of hydrogen-bond acceptors (Lipinski definition) is 2. The lowest BCUT2D eigenvalue weighted by molar-refractivity contribution is 0.343. The van der Waals surface area contributed by atoms with Crippen molar-refractivity contribution in [3.05, 3.63) is 0 Å². The zero-order valence-electron chi connectivity index (χ0n) is 10.9. The molecule has 1 saturated heterocycles. The molecule has 2 atom stereocenters. The second-order valence-electron chi connectivity index (χ2n) is 4.73. The highest BCUT2D eigenvalue weighted by Crippen LogP contribution is 2.15. The topological polar surface area (TPSA) is 53.6 Å². The van der Waals surface area contributed by atoms with Crippen LogP contribution in [-0.2, 0) is 0 Å². The Kier molecular flexibility index (Phi) is 5.60. The molecule has 0 saturated carbocycles. The molecular weight excluding hydrogens is 200 g/mol. The van der Waals surface area contributed by atoms with E-state index in [2.05, 4.69) is 36.0 Å². The van der Waals surface area contributed by atoms with Gasteiger partial charge in [-0.15, -0.1) is 0 Å². The van der Waals surface area contributed by atoms with Crippen molar-refractivity contribution in [2.45, 2.75) is 39.7 Å². The van der Waals surface area contributed by atoms with Crippen molar-refractivity contribution in [3.8, 4) is 0 Å². The van der Waals surface area contributed by atoms with E-state index in [4.69, 9.17) is 5.73 Å². The third-order valence-electron chi connectivity index (χ3n) is 3.34. The van der Waals surface area contributed by atoms with Crippen LogP contribution in [0.1, 0.15) is 33.6 Å². The first-order valence-electron chi connectivity index (χ1n) is 6.44. The van der Waals surface area contributed by atoms with Crippen molar-refractivity contribution in [2.24, 2.45) is 16.6 Å². The van der Waals surface area contributed by atoms with Gasteiger partial charge in [0.1, 0.15) is 0 Å². The van der Waals surface area contributed by atoms with Crippen LogP contribution < -0.4 is 11.1 Å². The van der Waals surface area contributed by atoms with Gasteiger partial charge in [-0.25, -0.2) is 0 Å². The van der Waals surface area contributed by atoms with Gasteiger partial charge >= 0.3 is 0 Å². The zero-order valence-corrected chi connectivity index (χ0v) is 10.9. The molecule has 1 aliphatic heterocycles. The fraction of sp³-hybridized carbons (Fsp3) is 0.917. The minimum atomic E-state index is 0.416. The fourth-order valence-electron chi connectivity index (χ4n) is 1.98. The molecule has 0 aromatic heterocycles. The van der Waals surface area contributed by atoms with Crippen LogP contribution in [0.5, 0.6) is 0 Å². The molecule has 0 aromatic carbocycles. The Morgan fingerprint density at radius 2 is 2.31 bits per heavy atom. The normalized spacial score (nSPS) is 24.7. The Labute approximate surface area is 99.3 Å². The molecule has 16 heavy (non-hydrogen) atoms. The number of aliphatic imine (C=N–C) groups is 1. The van der Waals surface area contributed by atoms with Gasteiger partial charge in [-0.05, 0) is 38.8 Å². The Hall–Kier alpha value is -0.770. The lowest BCUT2D eigenvalue weighted by Gasteiger charge is -2.13. The highest BCUT2D eigenvalue weighted by atomic mass is 15.2. The molecule has 0 radical (unpaired) electrons. The molecule has 0 amide bonds. The van der Waals surface area contributed by atoms with E-state index in [1.807, 2.05) is 0 Å². The first kappa shape index (κ1) is 13.3. The minimum absolute atomic E-state index is 0.416. The molecule has 3 N–H and O–H groups in total. The summed E-state index contributed by atoms with van der Waals surface area (Å²) in [5.74, 6) is 1.29. The van der Waals surface area contributed by atoms with Crippen LogP contribution >= 0.6 is 0 Å². The Balaban J connectivity index is 2.25. The van der Waals surface area contributed by atoms with Gasteiger partial charge in [0.25, 0.3) is 0 Å². The Morgan fingerprint density at radius 1 is 1.56 bits per heavy atom. The lowest BCUT2D eigenvalue weighted by atomic mass is 10.1. The SMILES string of the molecule is CC[C@H](C)NC(N)=NC[C@H]1CCN(CC)C1. The highest BCUT2D eigenvalue weighted by Gasteiger charge is 2.20. The average Bonchev–Trinajstić information content (AvgIpc) is 2.74. The average molecular weight is 226 g/mol. The summed E-state index contributed by atoms with van der Waals surface area (Å²) in [5.41, 5.74) is 5.82. The van der Waals surface area contributed by atoms with Crippen LogP contribution in [0.15, 0.2) is 4.99 Å². The van der Waals surface area contributed by atoms with Crippen LogP contribution in [0.4, 0.5) is 0 Å². The molecular formula is C12H26N4.